The Labute approximate surface area is 119 Å². The number of halogens is 2. The third kappa shape index (κ3) is 2.68. The van der Waals surface area contributed by atoms with Crippen LogP contribution in [0.15, 0.2) is 23.7 Å². The zero-order valence-corrected chi connectivity index (χ0v) is 11.8. The molecule has 0 fully saturated rings. The molecule has 0 saturated heterocycles. The van der Waals surface area contributed by atoms with Gasteiger partial charge >= 0.3 is 0 Å². The normalized spacial score (nSPS) is 12.4. The van der Waals surface area contributed by atoms with E-state index in [2.05, 4.69) is 4.98 Å². The maximum atomic E-state index is 14.4. The van der Waals surface area contributed by atoms with E-state index in [0.29, 0.717) is 12.0 Å². The summed E-state index contributed by atoms with van der Waals surface area (Å²) in [6.07, 6.45) is 2.06. The van der Waals surface area contributed by atoms with Gasteiger partial charge in [0.25, 0.3) is 0 Å². The monoisotopic (exact) mass is 298 g/mol. The van der Waals surface area contributed by atoms with Crippen molar-refractivity contribution in [1.82, 2.24) is 4.98 Å². The third-order valence-corrected chi connectivity index (χ3v) is 3.90. The molecule has 2 N–H and O–H groups in total. The number of benzene rings is 1. The molecule has 0 saturated carbocycles. The van der Waals surface area contributed by atoms with Crippen molar-refractivity contribution >= 4 is 28.7 Å². The van der Waals surface area contributed by atoms with Crippen LogP contribution in [0, 0.1) is 5.82 Å². The standard InChI is InChI=1S/C13H12ClFN2OS/c1-2-9(16)7-3-4-8(14)10(11(7)15)12(18)13-17-5-6-19-13/h3-6,9H,2,16H2,1H3/t9-/m1/s1. The van der Waals surface area contributed by atoms with Crippen LogP contribution < -0.4 is 5.73 Å². The summed E-state index contributed by atoms with van der Waals surface area (Å²) < 4.78 is 14.4. The predicted molar refractivity (Wildman–Crippen MR) is 74.2 cm³/mol. The molecule has 0 aliphatic rings. The molecule has 1 aromatic heterocycles. The van der Waals surface area contributed by atoms with Gasteiger partial charge in [-0.1, -0.05) is 24.6 Å². The molecule has 100 valence electrons. The summed E-state index contributed by atoms with van der Waals surface area (Å²) in [5.41, 5.74) is 5.97. The number of rotatable bonds is 4. The number of ketones is 1. The smallest absolute Gasteiger partial charge is 0.226 e. The van der Waals surface area contributed by atoms with Crippen LogP contribution in [-0.4, -0.2) is 10.8 Å². The molecular formula is C13H12ClFN2OS. The highest BCUT2D eigenvalue weighted by Crippen LogP contribution is 2.28. The Hall–Kier alpha value is -1.30. The Kier molecular flexibility index (Phi) is 4.29. The van der Waals surface area contributed by atoms with E-state index in [4.69, 9.17) is 17.3 Å². The molecule has 0 bridgehead atoms. The van der Waals surface area contributed by atoms with Crippen molar-refractivity contribution in [3.63, 3.8) is 0 Å². The van der Waals surface area contributed by atoms with Crippen molar-refractivity contribution in [1.29, 1.82) is 0 Å². The molecule has 0 aliphatic carbocycles. The van der Waals surface area contributed by atoms with E-state index < -0.39 is 17.6 Å². The lowest BCUT2D eigenvalue weighted by atomic mass is 9.99. The van der Waals surface area contributed by atoms with Crippen molar-refractivity contribution in [2.24, 2.45) is 5.73 Å². The molecular weight excluding hydrogens is 287 g/mol. The summed E-state index contributed by atoms with van der Waals surface area (Å²) in [5.74, 6) is -1.16. The molecule has 6 heteroatoms. The second-order valence-electron chi connectivity index (χ2n) is 4.01. The summed E-state index contributed by atoms with van der Waals surface area (Å²) in [6.45, 7) is 1.85. The lowest BCUT2D eigenvalue weighted by Gasteiger charge is -2.13. The zero-order chi connectivity index (χ0) is 14.0. The van der Waals surface area contributed by atoms with Gasteiger partial charge in [-0.25, -0.2) is 9.37 Å². The minimum Gasteiger partial charge on any atom is -0.324 e. The van der Waals surface area contributed by atoms with Crippen LogP contribution >= 0.6 is 22.9 Å². The SMILES string of the molecule is CC[C@@H](N)c1ccc(Cl)c(C(=O)c2nccs2)c1F. The van der Waals surface area contributed by atoms with Crippen molar-refractivity contribution in [3.8, 4) is 0 Å². The van der Waals surface area contributed by atoms with Gasteiger partial charge in [-0.3, -0.25) is 4.79 Å². The first kappa shape index (κ1) is 14.1. The fraction of sp³-hybridized carbons (Fsp3) is 0.231. The number of aromatic nitrogens is 1. The minimum atomic E-state index is -0.651. The average Bonchev–Trinajstić information content (AvgIpc) is 2.91. The van der Waals surface area contributed by atoms with Gasteiger partial charge in [0.2, 0.25) is 5.78 Å². The number of thiazole rings is 1. The second-order valence-corrected chi connectivity index (χ2v) is 5.31. The first-order valence-corrected chi connectivity index (χ1v) is 6.99. The minimum absolute atomic E-state index is 0.0738. The summed E-state index contributed by atoms with van der Waals surface area (Å²) in [6, 6.07) is 2.56. The number of hydrogen-bond acceptors (Lipinski definition) is 4. The maximum absolute atomic E-state index is 14.4. The number of nitrogens with two attached hydrogens (primary N) is 1. The van der Waals surface area contributed by atoms with Gasteiger partial charge in [-0.05, 0) is 12.5 Å². The van der Waals surface area contributed by atoms with Gasteiger partial charge in [0.05, 0.1) is 10.6 Å². The molecule has 0 radical (unpaired) electrons. The number of carbonyl (C=O) groups excluding carboxylic acids is 1. The van der Waals surface area contributed by atoms with Crippen LogP contribution in [0.3, 0.4) is 0 Å². The number of nitrogens with zero attached hydrogens (tertiary/aromatic N) is 1. The summed E-state index contributed by atoms with van der Waals surface area (Å²) in [4.78, 5) is 16.1. The highest BCUT2D eigenvalue weighted by Gasteiger charge is 2.23. The lowest BCUT2D eigenvalue weighted by Crippen LogP contribution is -2.14. The highest BCUT2D eigenvalue weighted by atomic mass is 35.5. The quantitative estimate of drug-likeness (QED) is 0.878. The van der Waals surface area contributed by atoms with Crippen molar-refractivity contribution in [2.75, 3.05) is 0 Å². The van der Waals surface area contributed by atoms with E-state index >= 15 is 0 Å². The molecule has 1 atom stereocenters. The van der Waals surface area contributed by atoms with Crippen molar-refractivity contribution < 1.29 is 9.18 Å². The van der Waals surface area contributed by atoms with E-state index in [1.54, 1.807) is 5.38 Å². The van der Waals surface area contributed by atoms with Crippen LogP contribution in [0.25, 0.3) is 0 Å². The van der Waals surface area contributed by atoms with Crippen LogP contribution in [0.2, 0.25) is 5.02 Å². The highest BCUT2D eigenvalue weighted by molar-refractivity contribution is 7.11. The van der Waals surface area contributed by atoms with E-state index in [1.807, 2.05) is 6.92 Å². The Morgan fingerprint density at radius 2 is 2.32 bits per heavy atom. The van der Waals surface area contributed by atoms with Crippen molar-refractivity contribution in [2.45, 2.75) is 19.4 Å². The summed E-state index contributed by atoms with van der Waals surface area (Å²) in [5, 5.41) is 1.94. The molecule has 0 amide bonds. The third-order valence-electron chi connectivity index (χ3n) is 2.81. The summed E-state index contributed by atoms with van der Waals surface area (Å²) >= 11 is 7.08. The average molecular weight is 299 g/mol. The van der Waals surface area contributed by atoms with E-state index in [0.717, 1.165) is 11.3 Å². The molecule has 2 aromatic rings. The van der Waals surface area contributed by atoms with Gasteiger partial charge in [0, 0.05) is 23.2 Å². The Balaban J connectivity index is 2.54. The molecule has 0 spiro atoms. The van der Waals surface area contributed by atoms with Crippen LogP contribution in [0.5, 0.6) is 0 Å². The predicted octanol–water partition coefficient (Wildman–Crippen LogP) is 3.58. The number of hydrogen-bond donors (Lipinski definition) is 1. The van der Waals surface area contributed by atoms with Gasteiger partial charge in [-0.15, -0.1) is 11.3 Å². The second kappa shape index (κ2) is 5.77. The van der Waals surface area contributed by atoms with Gasteiger partial charge < -0.3 is 5.73 Å². The van der Waals surface area contributed by atoms with E-state index in [1.165, 1.54) is 18.3 Å². The molecule has 1 aromatic carbocycles. The molecule has 2 rings (SSSR count). The zero-order valence-electron chi connectivity index (χ0n) is 10.2. The van der Waals surface area contributed by atoms with Crippen LogP contribution in [0.4, 0.5) is 4.39 Å². The molecule has 19 heavy (non-hydrogen) atoms. The fourth-order valence-electron chi connectivity index (χ4n) is 1.73. The Morgan fingerprint density at radius 1 is 1.58 bits per heavy atom. The fourth-order valence-corrected chi connectivity index (χ4v) is 2.54. The molecule has 0 unspecified atom stereocenters. The first-order valence-electron chi connectivity index (χ1n) is 5.74. The van der Waals surface area contributed by atoms with Crippen LogP contribution in [0.1, 0.15) is 40.3 Å². The molecule has 1 heterocycles. The molecule has 0 aliphatic heterocycles. The van der Waals surface area contributed by atoms with Gasteiger partial charge in [0.15, 0.2) is 5.01 Å². The Bertz CT molecular complexity index is 601. The maximum Gasteiger partial charge on any atom is 0.226 e. The van der Waals surface area contributed by atoms with E-state index in [-0.39, 0.29) is 15.6 Å². The first-order chi connectivity index (χ1) is 9.06. The topological polar surface area (TPSA) is 56.0 Å². The van der Waals surface area contributed by atoms with E-state index in [9.17, 15) is 9.18 Å². The van der Waals surface area contributed by atoms with Crippen molar-refractivity contribution in [3.05, 3.63) is 50.7 Å². The Morgan fingerprint density at radius 3 is 2.89 bits per heavy atom. The molecule has 3 nitrogen and oxygen atoms in total. The van der Waals surface area contributed by atoms with Gasteiger partial charge in [0.1, 0.15) is 5.82 Å². The number of carbonyl (C=O) groups is 1. The largest absolute Gasteiger partial charge is 0.324 e. The van der Waals surface area contributed by atoms with Crippen LogP contribution in [-0.2, 0) is 0 Å². The van der Waals surface area contributed by atoms with Gasteiger partial charge in [-0.2, -0.15) is 0 Å². The summed E-state index contributed by atoms with van der Waals surface area (Å²) in [7, 11) is 0. The lowest BCUT2D eigenvalue weighted by molar-refractivity contribution is 0.103.